The number of methoxy groups -OCH3 is 1. The quantitative estimate of drug-likeness (QED) is 0.314. The van der Waals surface area contributed by atoms with Gasteiger partial charge in [-0.15, -0.1) is 34.2 Å². The summed E-state index contributed by atoms with van der Waals surface area (Å²) < 4.78 is 7.82. The standard InChI is InChI=1S/C22H32ClN7O.HI/c1-24-22(25-11-9-21-28-27-20-6-4-3-5-12-30(20)21)26-17-10-13-29(15-17)18-14-16(23)7-8-19(18)31-2;/h7-8,14,17H,3-6,9-13,15H2,1-2H3,(H2,24,25,26);1H. The third-order valence-corrected chi connectivity index (χ3v) is 6.30. The van der Waals surface area contributed by atoms with E-state index in [9.17, 15) is 0 Å². The molecule has 0 saturated carbocycles. The summed E-state index contributed by atoms with van der Waals surface area (Å²) >= 11 is 6.21. The number of hydrogen-bond donors (Lipinski definition) is 2. The number of ether oxygens (including phenoxy) is 1. The van der Waals surface area contributed by atoms with Crippen molar-refractivity contribution in [2.75, 3.05) is 38.7 Å². The van der Waals surface area contributed by atoms with Crippen LogP contribution in [0, 0.1) is 0 Å². The normalized spacial score (nSPS) is 18.5. The molecule has 0 bridgehead atoms. The van der Waals surface area contributed by atoms with Crippen LogP contribution in [0.2, 0.25) is 5.02 Å². The van der Waals surface area contributed by atoms with Crippen LogP contribution < -0.4 is 20.3 Å². The van der Waals surface area contributed by atoms with Crippen molar-refractivity contribution in [2.24, 2.45) is 4.99 Å². The maximum atomic E-state index is 6.21. The average Bonchev–Trinajstić information content (AvgIpc) is 3.33. The Morgan fingerprint density at radius 1 is 1.25 bits per heavy atom. The first-order valence-electron chi connectivity index (χ1n) is 11.1. The molecule has 1 unspecified atom stereocenters. The van der Waals surface area contributed by atoms with Gasteiger partial charge in [0, 0.05) is 57.1 Å². The Kier molecular flexibility index (Phi) is 9.27. The monoisotopic (exact) mass is 573 g/mol. The van der Waals surface area contributed by atoms with Gasteiger partial charge < -0.3 is 24.8 Å². The van der Waals surface area contributed by atoms with Crippen molar-refractivity contribution in [3.8, 4) is 5.75 Å². The van der Waals surface area contributed by atoms with Crippen molar-refractivity contribution in [1.29, 1.82) is 0 Å². The van der Waals surface area contributed by atoms with Crippen molar-refractivity contribution in [2.45, 2.75) is 51.1 Å². The summed E-state index contributed by atoms with van der Waals surface area (Å²) in [6.07, 6.45) is 6.60. The van der Waals surface area contributed by atoms with E-state index >= 15 is 0 Å². The van der Waals surface area contributed by atoms with Crippen LogP contribution in [0.1, 0.15) is 37.3 Å². The van der Waals surface area contributed by atoms with Crippen LogP contribution in [0.15, 0.2) is 23.2 Å². The highest BCUT2D eigenvalue weighted by Crippen LogP contribution is 2.33. The molecule has 4 rings (SSSR count). The van der Waals surface area contributed by atoms with Crippen LogP contribution in [0.25, 0.3) is 0 Å². The maximum absolute atomic E-state index is 6.21. The molecule has 1 fully saturated rings. The molecular formula is C22H33ClIN7O. The third kappa shape index (κ3) is 5.98. The lowest BCUT2D eigenvalue weighted by Gasteiger charge is -2.22. The second-order valence-electron chi connectivity index (χ2n) is 8.14. The smallest absolute Gasteiger partial charge is 0.191 e. The van der Waals surface area contributed by atoms with Gasteiger partial charge in [0.05, 0.1) is 12.8 Å². The maximum Gasteiger partial charge on any atom is 0.191 e. The lowest BCUT2D eigenvalue weighted by Crippen LogP contribution is -2.45. The van der Waals surface area contributed by atoms with E-state index in [-0.39, 0.29) is 24.0 Å². The van der Waals surface area contributed by atoms with Crippen molar-refractivity contribution < 1.29 is 4.74 Å². The van der Waals surface area contributed by atoms with Gasteiger partial charge in [-0.25, -0.2) is 0 Å². The van der Waals surface area contributed by atoms with Crippen LogP contribution in [0.3, 0.4) is 0 Å². The number of halogens is 2. The molecule has 2 aromatic rings. The van der Waals surface area contributed by atoms with Crippen LogP contribution in [-0.2, 0) is 19.4 Å². The molecule has 1 aromatic carbocycles. The largest absolute Gasteiger partial charge is 0.495 e. The van der Waals surface area contributed by atoms with E-state index in [2.05, 4.69) is 35.3 Å². The fourth-order valence-corrected chi connectivity index (χ4v) is 4.58. The summed E-state index contributed by atoms with van der Waals surface area (Å²) in [5.74, 6) is 3.87. The van der Waals surface area contributed by atoms with Crippen LogP contribution in [-0.4, -0.2) is 60.6 Å². The minimum Gasteiger partial charge on any atom is -0.495 e. The molecule has 1 saturated heterocycles. The van der Waals surface area contributed by atoms with Gasteiger partial charge >= 0.3 is 0 Å². The molecule has 0 aliphatic carbocycles. The van der Waals surface area contributed by atoms with Gasteiger partial charge in [0.1, 0.15) is 17.4 Å². The number of nitrogens with one attached hydrogen (secondary N) is 2. The van der Waals surface area contributed by atoms with E-state index in [0.29, 0.717) is 6.04 Å². The number of anilines is 1. The zero-order chi connectivity index (χ0) is 21.6. The Balaban J connectivity index is 0.00000289. The van der Waals surface area contributed by atoms with Gasteiger partial charge in [-0.3, -0.25) is 4.99 Å². The fraction of sp³-hybridized carbons (Fsp3) is 0.591. The topological polar surface area (TPSA) is 79.6 Å². The van der Waals surface area contributed by atoms with E-state index in [1.54, 1.807) is 7.11 Å². The first kappa shape index (κ1) is 24.9. The Labute approximate surface area is 212 Å². The van der Waals surface area contributed by atoms with E-state index < -0.39 is 0 Å². The Morgan fingerprint density at radius 2 is 2.12 bits per heavy atom. The van der Waals surface area contributed by atoms with Gasteiger partial charge in [0.15, 0.2) is 5.96 Å². The van der Waals surface area contributed by atoms with Gasteiger partial charge in [-0.2, -0.15) is 0 Å². The predicted octanol–water partition coefficient (Wildman–Crippen LogP) is 3.27. The van der Waals surface area contributed by atoms with Crippen molar-refractivity contribution in [1.82, 2.24) is 25.4 Å². The number of hydrogen-bond acceptors (Lipinski definition) is 5. The summed E-state index contributed by atoms with van der Waals surface area (Å²) in [6, 6.07) is 6.05. The Morgan fingerprint density at radius 3 is 2.94 bits per heavy atom. The minimum absolute atomic E-state index is 0. The molecule has 176 valence electrons. The van der Waals surface area contributed by atoms with Crippen LogP contribution >= 0.6 is 35.6 Å². The molecule has 1 aromatic heterocycles. The fourth-order valence-electron chi connectivity index (χ4n) is 4.42. The highest BCUT2D eigenvalue weighted by Gasteiger charge is 2.25. The molecule has 2 aliphatic rings. The molecule has 10 heteroatoms. The second kappa shape index (κ2) is 11.9. The van der Waals surface area contributed by atoms with Gasteiger partial charge in [-0.05, 0) is 37.5 Å². The summed E-state index contributed by atoms with van der Waals surface area (Å²) in [4.78, 5) is 6.71. The molecule has 2 aliphatic heterocycles. The molecule has 8 nitrogen and oxygen atoms in total. The van der Waals surface area contributed by atoms with Crippen molar-refractivity contribution in [3.05, 3.63) is 34.9 Å². The number of benzene rings is 1. The summed E-state index contributed by atoms with van der Waals surface area (Å²) in [5, 5.41) is 16.5. The molecular weight excluding hydrogens is 541 g/mol. The number of aliphatic imine (C=N–C) groups is 1. The number of rotatable bonds is 6. The van der Waals surface area contributed by atoms with Gasteiger partial charge in [0.25, 0.3) is 0 Å². The SMILES string of the molecule is CN=C(NCCc1nnc2n1CCCCC2)NC1CCN(c2cc(Cl)ccc2OC)C1.I. The summed E-state index contributed by atoms with van der Waals surface area (Å²) in [6.45, 7) is 3.62. The lowest BCUT2D eigenvalue weighted by molar-refractivity contribution is 0.415. The molecule has 2 N–H and O–H groups in total. The molecule has 0 amide bonds. The van der Waals surface area contributed by atoms with Crippen LogP contribution in [0.4, 0.5) is 5.69 Å². The lowest BCUT2D eigenvalue weighted by atomic mass is 10.2. The number of guanidine groups is 1. The molecule has 1 atom stereocenters. The molecule has 3 heterocycles. The molecule has 32 heavy (non-hydrogen) atoms. The first-order valence-corrected chi connectivity index (χ1v) is 11.5. The van der Waals surface area contributed by atoms with Crippen molar-refractivity contribution >= 4 is 47.2 Å². The van der Waals surface area contributed by atoms with E-state index in [0.717, 1.165) is 79.5 Å². The Hall–Kier alpha value is -1.75. The van der Waals surface area contributed by atoms with Gasteiger partial charge in [0.2, 0.25) is 0 Å². The van der Waals surface area contributed by atoms with E-state index in [4.69, 9.17) is 16.3 Å². The highest BCUT2D eigenvalue weighted by atomic mass is 127. The van der Waals surface area contributed by atoms with Gasteiger partial charge in [-0.1, -0.05) is 18.0 Å². The first-order chi connectivity index (χ1) is 15.2. The number of fused-ring (bicyclic) bond motifs is 1. The zero-order valence-corrected chi connectivity index (χ0v) is 21.9. The molecule has 0 spiro atoms. The second-order valence-corrected chi connectivity index (χ2v) is 8.57. The van der Waals surface area contributed by atoms with E-state index in [1.807, 2.05) is 25.2 Å². The number of aromatic nitrogens is 3. The third-order valence-electron chi connectivity index (χ3n) is 6.06. The number of aryl methyl sites for hydroxylation is 1. The van der Waals surface area contributed by atoms with Crippen molar-refractivity contribution in [3.63, 3.8) is 0 Å². The minimum atomic E-state index is 0. The molecule has 0 radical (unpaired) electrons. The zero-order valence-electron chi connectivity index (χ0n) is 18.8. The summed E-state index contributed by atoms with van der Waals surface area (Å²) in [5.41, 5.74) is 1.04. The predicted molar refractivity (Wildman–Crippen MR) is 140 cm³/mol. The van der Waals surface area contributed by atoms with E-state index in [1.165, 1.54) is 19.3 Å². The average molecular weight is 574 g/mol. The highest BCUT2D eigenvalue weighted by molar-refractivity contribution is 14.0. The van der Waals surface area contributed by atoms with Crippen LogP contribution in [0.5, 0.6) is 5.75 Å². The number of nitrogens with zero attached hydrogens (tertiary/aromatic N) is 5. The Bertz CT molecular complexity index is 920. The summed E-state index contributed by atoms with van der Waals surface area (Å²) in [7, 11) is 3.50.